The summed E-state index contributed by atoms with van der Waals surface area (Å²) in [5.41, 5.74) is 5.78. The fraction of sp³-hybridized carbons (Fsp3) is 0.265. The molecule has 3 aromatic carbocycles. The average molecular weight is 596 g/mol. The molecule has 0 amide bonds. The first-order valence-electron chi connectivity index (χ1n) is 14.3. The Kier molecular flexibility index (Phi) is 8.18. The van der Waals surface area contributed by atoms with Gasteiger partial charge in [0.1, 0.15) is 0 Å². The van der Waals surface area contributed by atoms with Crippen LogP contribution in [0.1, 0.15) is 48.1 Å². The van der Waals surface area contributed by atoms with Crippen LogP contribution in [0.5, 0.6) is 0 Å². The maximum Gasteiger partial charge on any atom is 0.338 e. The summed E-state index contributed by atoms with van der Waals surface area (Å²) in [4.78, 5) is 36.8. The van der Waals surface area contributed by atoms with Crippen LogP contribution in [0.3, 0.4) is 0 Å². The summed E-state index contributed by atoms with van der Waals surface area (Å²) in [7, 11) is 0. The van der Waals surface area contributed by atoms with Gasteiger partial charge >= 0.3 is 5.97 Å². The number of hydrogen-bond donors (Lipinski definition) is 0. The van der Waals surface area contributed by atoms with Gasteiger partial charge in [-0.1, -0.05) is 59.9 Å². The summed E-state index contributed by atoms with van der Waals surface area (Å²) < 4.78 is 7.80. The van der Waals surface area contributed by atoms with E-state index in [9.17, 15) is 9.59 Å². The number of anilines is 1. The molecule has 2 aliphatic heterocycles. The SMILES string of the molecule is CCOC(=O)C1=C(c2ccccc2)N=c2s/c(=C/c3ccc(N4CCCC4)c(C)c3)c(=O)n2[C@@H]1c1ccc(SC)cc1. The zero-order valence-corrected chi connectivity index (χ0v) is 25.6. The highest BCUT2D eigenvalue weighted by Gasteiger charge is 2.35. The fourth-order valence-electron chi connectivity index (χ4n) is 5.77. The first kappa shape index (κ1) is 28.2. The molecule has 0 bridgehead atoms. The number of thioether (sulfide) groups is 1. The highest BCUT2D eigenvalue weighted by atomic mass is 32.2. The third-order valence-corrected chi connectivity index (χ3v) is 9.50. The number of carbonyl (C=O) groups excluding carboxylic acids is 1. The quantitative estimate of drug-likeness (QED) is 0.207. The number of aryl methyl sites for hydroxylation is 1. The number of carbonyl (C=O) groups is 1. The van der Waals surface area contributed by atoms with Gasteiger partial charge < -0.3 is 9.64 Å². The molecule has 6 nitrogen and oxygen atoms in total. The van der Waals surface area contributed by atoms with E-state index in [0.717, 1.165) is 34.7 Å². The monoisotopic (exact) mass is 595 g/mol. The normalized spacial score (nSPS) is 16.9. The molecule has 0 radical (unpaired) electrons. The Morgan fingerprint density at radius 2 is 1.81 bits per heavy atom. The molecule has 1 fully saturated rings. The molecule has 4 aromatic rings. The number of thiazole rings is 1. The van der Waals surface area contributed by atoms with Crippen molar-refractivity contribution < 1.29 is 9.53 Å². The van der Waals surface area contributed by atoms with Crippen LogP contribution in [0.15, 0.2) is 93.1 Å². The summed E-state index contributed by atoms with van der Waals surface area (Å²) in [5, 5.41) is 0. The van der Waals surface area contributed by atoms with Crippen LogP contribution >= 0.6 is 23.1 Å². The van der Waals surface area contributed by atoms with Crippen LogP contribution in [0.2, 0.25) is 0 Å². The lowest BCUT2D eigenvalue weighted by atomic mass is 9.93. The standard InChI is InChI=1S/C34H33N3O3S2/c1-4-40-33(39)29-30(24-10-6-5-7-11-24)35-34-37(31(29)25-13-15-26(41-3)16-14-25)32(38)28(42-34)21-23-12-17-27(22(2)20-23)36-18-8-9-19-36/h5-7,10-17,20-21,31H,4,8-9,18-19H2,1-3H3/b28-21+/t31-/m1/s1. The number of hydrogen-bond acceptors (Lipinski definition) is 7. The largest absolute Gasteiger partial charge is 0.463 e. The van der Waals surface area contributed by atoms with Gasteiger partial charge in [0.05, 0.1) is 28.5 Å². The van der Waals surface area contributed by atoms with Crippen LogP contribution in [-0.2, 0) is 9.53 Å². The Hall–Kier alpha value is -3.88. The van der Waals surface area contributed by atoms with Crippen LogP contribution in [0.4, 0.5) is 5.69 Å². The van der Waals surface area contributed by atoms with E-state index in [0.29, 0.717) is 20.6 Å². The highest BCUT2D eigenvalue weighted by Crippen LogP contribution is 2.35. The van der Waals surface area contributed by atoms with E-state index in [4.69, 9.17) is 9.73 Å². The maximum atomic E-state index is 14.2. The molecule has 8 heteroatoms. The topological polar surface area (TPSA) is 63.9 Å². The van der Waals surface area contributed by atoms with Crippen molar-refractivity contribution in [3.05, 3.63) is 120 Å². The van der Waals surface area contributed by atoms with Crippen LogP contribution < -0.4 is 19.8 Å². The lowest BCUT2D eigenvalue weighted by Crippen LogP contribution is -2.40. The van der Waals surface area contributed by atoms with Crippen molar-refractivity contribution in [1.82, 2.24) is 4.57 Å². The van der Waals surface area contributed by atoms with Gasteiger partial charge in [-0.25, -0.2) is 9.79 Å². The van der Waals surface area contributed by atoms with Gasteiger partial charge in [0.2, 0.25) is 0 Å². The smallest absolute Gasteiger partial charge is 0.338 e. The Morgan fingerprint density at radius 3 is 2.48 bits per heavy atom. The van der Waals surface area contributed by atoms with E-state index < -0.39 is 12.0 Å². The van der Waals surface area contributed by atoms with Gasteiger partial charge in [-0.3, -0.25) is 9.36 Å². The first-order valence-corrected chi connectivity index (χ1v) is 16.3. The molecule has 1 aromatic heterocycles. The van der Waals surface area contributed by atoms with Gasteiger partial charge in [0.25, 0.3) is 5.56 Å². The Labute approximate surface area is 253 Å². The molecular formula is C34H33N3O3S2. The van der Waals surface area contributed by atoms with Crippen molar-refractivity contribution in [1.29, 1.82) is 0 Å². The minimum Gasteiger partial charge on any atom is -0.463 e. The predicted molar refractivity (Wildman–Crippen MR) is 172 cm³/mol. The Morgan fingerprint density at radius 1 is 1.07 bits per heavy atom. The summed E-state index contributed by atoms with van der Waals surface area (Å²) in [5.74, 6) is -0.471. The lowest BCUT2D eigenvalue weighted by molar-refractivity contribution is -0.138. The lowest BCUT2D eigenvalue weighted by Gasteiger charge is -2.26. The van der Waals surface area contributed by atoms with E-state index in [1.54, 1.807) is 23.3 Å². The van der Waals surface area contributed by atoms with E-state index in [2.05, 4.69) is 30.0 Å². The van der Waals surface area contributed by atoms with E-state index >= 15 is 0 Å². The van der Waals surface area contributed by atoms with Crippen molar-refractivity contribution in [3.8, 4) is 0 Å². The van der Waals surface area contributed by atoms with Crippen molar-refractivity contribution in [3.63, 3.8) is 0 Å². The summed E-state index contributed by atoms with van der Waals surface area (Å²) in [6.07, 6.45) is 6.41. The number of esters is 1. The molecule has 1 atom stereocenters. The third kappa shape index (κ3) is 5.37. The number of rotatable bonds is 7. The second kappa shape index (κ2) is 12.2. The van der Waals surface area contributed by atoms with Crippen LogP contribution in [0, 0.1) is 6.92 Å². The molecule has 0 spiro atoms. The molecule has 0 unspecified atom stereocenters. The van der Waals surface area contributed by atoms with E-state index in [1.807, 2.05) is 66.9 Å². The van der Waals surface area contributed by atoms with Crippen molar-refractivity contribution in [2.24, 2.45) is 4.99 Å². The van der Waals surface area contributed by atoms with Crippen LogP contribution in [0.25, 0.3) is 11.8 Å². The van der Waals surface area contributed by atoms with E-state index in [-0.39, 0.29) is 12.2 Å². The van der Waals surface area contributed by atoms with Gasteiger partial charge in [0.15, 0.2) is 4.80 Å². The van der Waals surface area contributed by atoms with Gasteiger partial charge in [-0.05, 0) is 80.0 Å². The Balaban J connectivity index is 1.55. The number of nitrogens with zero attached hydrogens (tertiary/aromatic N) is 3. The fourth-order valence-corrected chi connectivity index (χ4v) is 7.18. The van der Waals surface area contributed by atoms with Gasteiger partial charge in [-0.2, -0.15) is 0 Å². The zero-order valence-electron chi connectivity index (χ0n) is 24.0. The number of aromatic nitrogens is 1. The molecule has 214 valence electrons. The molecule has 0 aliphatic carbocycles. The maximum absolute atomic E-state index is 14.2. The van der Waals surface area contributed by atoms with Crippen molar-refractivity contribution in [2.45, 2.75) is 37.6 Å². The summed E-state index contributed by atoms with van der Waals surface area (Å²) in [6.45, 7) is 6.31. The Bertz CT molecular complexity index is 1830. The minimum absolute atomic E-state index is 0.173. The number of fused-ring (bicyclic) bond motifs is 1. The molecule has 42 heavy (non-hydrogen) atoms. The van der Waals surface area contributed by atoms with Gasteiger partial charge in [0, 0.05) is 29.2 Å². The molecule has 0 saturated carbocycles. The zero-order chi connectivity index (χ0) is 29.2. The first-order chi connectivity index (χ1) is 20.5. The predicted octanol–water partition coefficient (Wildman–Crippen LogP) is 5.57. The number of ether oxygens (including phenoxy) is 1. The minimum atomic E-state index is -0.673. The number of benzene rings is 3. The third-order valence-electron chi connectivity index (χ3n) is 7.77. The summed E-state index contributed by atoms with van der Waals surface area (Å²) >= 11 is 3.00. The second-order valence-electron chi connectivity index (χ2n) is 10.4. The molecule has 6 rings (SSSR count). The van der Waals surface area contributed by atoms with E-state index in [1.165, 1.54) is 35.4 Å². The second-order valence-corrected chi connectivity index (χ2v) is 12.3. The van der Waals surface area contributed by atoms with Crippen LogP contribution in [-0.4, -0.2) is 36.5 Å². The molecule has 3 heterocycles. The molecular weight excluding hydrogens is 563 g/mol. The summed E-state index contributed by atoms with van der Waals surface area (Å²) in [6, 6.07) is 23.4. The van der Waals surface area contributed by atoms with Crippen molar-refractivity contribution >= 4 is 46.5 Å². The average Bonchev–Trinajstić information content (AvgIpc) is 3.65. The highest BCUT2D eigenvalue weighted by molar-refractivity contribution is 7.98. The van der Waals surface area contributed by atoms with Gasteiger partial charge in [-0.15, -0.1) is 11.8 Å². The molecule has 2 aliphatic rings. The molecule has 1 saturated heterocycles. The van der Waals surface area contributed by atoms with Crippen molar-refractivity contribution in [2.75, 3.05) is 30.9 Å². The molecule has 0 N–H and O–H groups in total.